The van der Waals surface area contributed by atoms with E-state index >= 15 is 0 Å². The zero-order valence-corrected chi connectivity index (χ0v) is 23.4. The fourth-order valence-corrected chi connectivity index (χ4v) is 5.42. The SMILES string of the molecule is CCCCCCCCCCCCCCn1cc(CC(C)c2ccccc2)[n+](C)c1Cc1ccccc1. The highest BCUT2D eigenvalue weighted by Gasteiger charge is 2.22. The quantitative estimate of drug-likeness (QED) is 0.125. The standard InChI is InChI=1S/C34H51N2/c1-4-5-6-7-8-9-10-11-12-13-14-21-26-36-29-33(27-30(2)32-24-19-16-20-25-32)35(3)34(36)28-31-22-17-15-18-23-31/h15-20,22-25,29-30H,4-14,21,26-28H2,1-3H3/q+1. The minimum atomic E-state index is 0.518. The second kappa shape index (κ2) is 16.4. The number of hydrogen-bond donors (Lipinski definition) is 0. The van der Waals surface area contributed by atoms with E-state index in [2.05, 4.69) is 96.9 Å². The lowest BCUT2D eigenvalue weighted by Crippen LogP contribution is -2.37. The number of aromatic nitrogens is 2. The van der Waals surface area contributed by atoms with Crippen molar-refractivity contribution in [1.82, 2.24) is 4.57 Å². The van der Waals surface area contributed by atoms with Crippen LogP contribution >= 0.6 is 0 Å². The molecular formula is C34H51N2+. The summed E-state index contributed by atoms with van der Waals surface area (Å²) in [7, 11) is 2.27. The molecule has 1 aromatic heterocycles. The largest absolute Gasteiger partial charge is 0.260 e. The van der Waals surface area contributed by atoms with E-state index in [4.69, 9.17) is 0 Å². The molecule has 0 saturated heterocycles. The van der Waals surface area contributed by atoms with Crippen molar-refractivity contribution in [2.75, 3.05) is 0 Å². The van der Waals surface area contributed by atoms with Gasteiger partial charge in [0.05, 0.1) is 20.0 Å². The number of nitrogens with zero attached hydrogens (tertiary/aromatic N) is 2. The van der Waals surface area contributed by atoms with Crippen LogP contribution in [0.25, 0.3) is 0 Å². The monoisotopic (exact) mass is 487 g/mol. The van der Waals surface area contributed by atoms with Crippen LogP contribution in [0.4, 0.5) is 0 Å². The van der Waals surface area contributed by atoms with E-state index in [9.17, 15) is 0 Å². The molecule has 1 heterocycles. The zero-order valence-electron chi connectivity index (χ0n) is 23.4. The van der Waals surface area contributed by atoms with Gasteiger partial charge in [0.25, 0.3) is 5.82 Å². The molecule has 2 heteroatoms. The summed E-state index contributed by atoms with van der Waals surface area (Å²) in [5.41, 5.74) is 4.26. The van der Waals surface area contributed by atoms with Gasteiger partial charge in [0, 0.05) is 6.42 Å². The van der Waals surface area contributed by atoms with E-state index in [1.807, 2.05) is 0 Å². The highest BCUT2D eigenvalue weighted by atomic mass is 15.1. The highest BCUT2D eigenvalue weighted by Crippen LogP contribution is 2.20. The van der Waals surface area contributed by atoms with Crippen LogP contribution in [0, 0.1) is 0 Å². The number of hydrogen-bond acceptors (Lipinski definition) is 0. The van der Waals surface area contributed by atoms with Gasteiger partial charge in [-0.2, -0.15) is 0 Å². The Hall–Kier alpha value is -2.35. The first-order valence-electron chi connectivity index (χ1n) is 14.8. The van der Waals surface area contributed by atoms with Crippen molar-refractivity contribution < 1.29 is 4.57 Å². The maximum Gasteiger partial charge on any atom is 0.260 e. The van der Waals surface area contributed by atoms with Gasteiger partial charge in [0.15, 0.2) is 0 Å². The number of aryl methyl sites for hydroxylation is 1. The Kier molecular flexibility index (Phi) is 12.9. The summed E-state index contributed by atoms with van der Waals surface area (Å²) in [5, 5.41) is 0. The summed E-state index contributed by atoms with van der Waals surface area (Å²) in [6, 6.07) is 21.9. The van der Waals surface area contributed by atoms with Gasteiger partial charge in [-0.05, 0) is 29.9 Å². The van der Waals surface area contributed by atoms with E-state index in [1.165, 1.54) is 99.7 Å². The van der Waals surface area contributed by atoms with E-state index in [1.54, 1.807) is 0 Å². The molecule has 36 heavy (non-hydrogen) atoms. The number of benzene rings is 2. The van der Waals surface area contributed by atoms with Crippen LogP contribution in [0.3, 0.4) is 0 Å². The van der Waals surface area contributed by atoms with Gasteiger partial charge in [-0.3, -0.25) is 0 Å². The summed E-state index contributed by atoms with van der Waals surface area (Å²) >= 11 is 0. The fraction of sp³-hybridized carbons (Fsp3) is 0.559. The van der Waals surface area contributed by atoms with Crippen LogP contribution < -0.4 is 4.57 Å². The minimum Gasteiger partial charge on any atom is -0.234 e. The van der Waals surface area contributed by atoms with Crippen molar-refractivity contribution in [1.29, 1.82) is 0 Å². The molecule has 0 fully saturated rings. The maximum absolute atomic E-state index is 2.55. The minimum absolute atomic E-state index is 0.518. The third-order valence-corrected chi connectivity index (χ3v) is 7.80. The first kappa shape index (κ1) is 28.2. The molecule has 0 aliphatic heterocycles. The lowest BCUT2D eigenvalue weighted by atomic mass is 9.96. The number of rotatable bonds is 18. The van der Waals surface area contributed by atoms with Gasteiger partial charge in [0.2, 0.25) is 0 Å². The van der Waals surface area contributed by atoms with Crippen LogP contribution in [0.1, 0.15) is 119 Å². The van der Waals surface area contributed by atoms with Gasteiger partial charge in [-0.15, -0.1) is 0 Å². The number of imidazole rings is 1. The van der Waals surface area contributed by atoms with E-state index < -0.39 is 0 Å². The molecule has 0 amide bonds. The maximum atomic E-state index is 2.55. The fourth-order valence-electron chi connectivity index (χ4n) is 5.42. The van der Waals surface area contributed by atoms with Crippen molar-refractivity contribution in [2.45, 2.75) is 116 Å². The molecule has 3 rings (SSSR count). The molecule has 2 nitrogen and oxygen atoms in total. The van der Waals surface area contributed by atoms with Gasteiger partial charge in [-0.1, -0.05) is 139 Å². The Morgan fingerprint density at radius 1 is 0.694 bits per heavy atom. The lowest BCUT2D eigenvalue weighted by Gasteiger charge is -2.10. The molecule has 2 aromatic carbocycles. The Morgan fingerprint density at radius 3 is 1.81 bits per heavy atom. The highest BCUT2D eigenvalue weighted by molar-refractivity contribution is 5.21. The number of unbranched alkanes of at least 4 members (excludes halogenated alkanes) is 11. The van der Waals surface area contributed by atoms with Gasteiger partial charge >= 0.3 is 0 Å². The lowest BCUT2D eigenvalue weighted by molar-refractivity contribution is -0.685. The Bertz CT molecular complexity index is 958. The van der Waals surface area contributed by atoms with Crippen molar-refractivity contribution in [3.8, 4) is 0 Å². The average molecular weight is 488 g/mol. The molecule has 3 aromatic rings. The molecule has 196 valence electrons. The first-order chi connectivity index (χ1) is 17.7. The smallest absolute Gasteiger partial charge is 0.234 e. The van der Waals surface area contributed by atoms with Crippen molar-refractivity contribution >= 4 is 0 Å². The molecule has 0 N–H and O–H groups in total. The molecule has 0 aliphatic rings. The van der Waals surface area contributed by atoms with Crippen molar-refractivity contribution in [2.24, 2.45) is 7.05 Å². The van der Waals surface area contributed by atoms with E-state index in [0.29, 0.717) is 5.92 Å². The Balaban J connectivity index is 1.49. The topological polar surface area (TPSA) is 8.81 Å². The third kappa shape index (κ3) is 9.60. The molecule has 0 spiro atoms. The first-order valence-corrected chi connectivity index (χ1v) is 14.8. The summed E-state index contributed by atoms with van der Waals surface area (Å²) < 4.78 is 5.02. The van der Waals surface area contributed by atoms with E-state index in [-0.39, 0.29) is 0 Å². The summed E-state index contributed by atoms with van der Waals surface area (Å²) in [5.74, 6) is 1.95. The normalized spacial score (nSPS) is 12.2. The summed E-state index contributed by atoms with van der Waals surface area (Å²) in [4.78, 5) is 0. The summed E-state index contributed by atoms with van der Waals surface area (Å²) in [6.45, 7) is 5.79. The molecular weight excluding hydrogens is 436 g/mol. The van der Waals surface area contributed by atoms with E-state index in [0.717, 1.165) is 19.4 Å². The Labute approximate surface area is 221 Å². The van der Waals surface area contributed by atoms with Crippen molar-refractivity contribution in [3.63, 3.8) is 0 Å². The van der Waals surface area contributed by atoms with Crippen LogP contribution in [-0.4, -0.2) is 4.57 Å². The van der Waals surface area contributed by atoms with Crippen LogP contribution in [0.2, 0.25) is 0 Å². The molecule has 0 bridgehead atoms. The second-order valence-electron chi connectivity index (χ2n) is 10.9. The molecule has 0 saturated carbocycles. The average Bonchev–Trinajstić information content (AvgIpc) is 3.19. The molecule has 0 aliphatic carbocycles. The predicted molar refractivity (Wildman–Crippen MR) is 154 cm³/mol. The van der Waals surface area contributed by atoms with Crippen LogP contribution in [0.5, 0.6) is 0 Å². The molecule has 1 atom stereocenters. The van der Waals surface area contributed by atoms with Crippen LogP contribution in [0.15, 0.2) is 66.9 Å². The molecule has 0 radical (unpaired) electrons. The predicted octanol–water partition coefficient (Wildman–Crippen LogP) is 8.95. The molecule has 1 unspecified atom stereocenters. The van der Waals surface area contributed by atoms with Gasteiger partial charge in [0.1, 0.15) is 11.9 Å². The van der Waals surface area contributed by atoms with Crippen LogP contribution in [-0.2, 0) is 26.4 Å². The van der Waals surface area contributed by atoms with Gasteiger partial charge in [-0.25, -0.2) is 9.13 Å². The Morgan fingerprint density at radius 2 is 1.22 bits per heavy atom. The third-order valence-electron chi connectivity index (χ3n) is 7.80. The second-order valence-corrected chi connectivity index (χ2v) is 10.9. The van der Waals surface area contributed by atoms with Crippen molar-refractivity contribution in [3.05, 3.63) is 89.5 Å². The zero-order chi connectivity index (χ0) is 25.4. The van der Waals surface area contributed by atoms with Gasteiger partial charge < -0.3 is 0 Å². The summed E-state index contributed by atoms with van der Waals surface area (Å²) in [6.07, 6.45) is 21.3.